The van der Waals surface area contributed by atoms with Gasteiger partial charge in [-0.15, -0.1) is 0 Å². The van der Waals surface area contributed by atoms with Crippen molar-refractivity contribution in [3.63, 3.8) is 0 Å². The van der Waals surface area contributed by atoms with Crippen LogP contribution in [0.1, 0.15) is 6.92 Å². The predicted octanol–water partition coefficient (Wildman–Crippen LogP) is -2.94. The van der Waals surface area contributed by atoms with Gasteiger partial charge in [-0.2, -0.15) is 0 Å². The second kappa shape index (κ2) is 4.74. The van der Waals surface area contributed by atoms with Crippen LogP contribution in [0.15, 0.2) is 0 Å². The standard InChI is InChI=1S/C8H14N4O3/c1-4(11-3-13)7(14)10-2-5-6(9)8(15)12-5/h3-6H,2,9H2,1H3,(H,10,14)(H,11,13)(H,12,15)/t4-,5+,6-/m0/s1. The predicted molar refractivity (Wildman–Crippen MR) is 51.6 cm³/mol. The summed E-state index contributed by atoms with van der Waals surface area (Å²) in [5, 5.41) is 7.43. The first-order chi connectivity index (χ1) is 7.06. The van der Waals surface area contributed by atoms with Crippen LogP contribution in [0, 0.1) is 0 Å². The lowest BCUT2D eigenvalue weighted by Gasteiger charge is -2.34. The Balaban J connectivity index is 2.22. The van der Waals surface area contributed by atoms with E-state index in [0.29, 0.717) is 6.41 Å². The molecule has 1 rings (SSSR count). The van der Waals surface area contributed by atoms with Gasteiger partial charge in [0.05, 0.1) is 6.04 Å². The highest BCUT2D eigenvalue weighted by atomic mass is 16.2. The first-order valence-corrected chi connectivity index (χ1v) is 4.59. The third kappa shape index (κ3) is 2.66. The fourth-order valence-electron chi connectivity index (χ4n) is 1.17. The molecule has 0 radical (unpaired) electrons. The Kier molecular flexibility index (Phi) is 3.62. The van der Waals surface area contributed by atoms with Crippen LogP contribution in [0.5, 0.6) is 0 Å². The van der Waals surface area contributed by atoms with E-state index >= 15 is 0 Å². The Morgan fingerprint density at radius 1 is 1.73 bits per heavy atom. The Morgan fingerprint density at radius 2 is 2.40 bits per heavy atom. The zero-order valence-electron chi connectivity index (χ0n) is 8.32. The van der Waals surface area contributed by atoms with Gasteiger partial charge in [0.25, 0.3) is 0 Å². The first-order valence-electron chi connectivity index (χ1n) is 4.59. The van der Waals surface area contributed by atoms with E-state index in [-0.39, 0.29) is 24.4 Å². The average Bonchev–Trinajstić information content (AvgIpc) is 2.23. The summed E-state index contributed by atoms with van der Waals surface area (Å²) < 4.78 is 0. The van der Waals surface area contributed by atoms with E-state index in [0.717, 1.165) is 0 Å². The van der Waals surface area contributed by atoms with Gasteiger partial charge in [-0.3, -0.25) is 14.4 Å². The van der Waals surface area contributed by atoms with Crippen LogP contribution < -0.4 is 21.7 Å². The minimum Gasteiger partial charge on any atom is -0.352 e. The van der Waals surface area contributed by atoms with Gasteiger partial charge in [0.1, 0.15) is 12.1 Å². The van der Waals surface area contributed by atoms with Gasteiger partial charge in [0.2, 0.25) is 18.2 Å². The molecule has 3 amide bonds. The van der Waals surface area contributed by atoms with Crippen LogP contribution in [0.2, 0.25) is 0 Å². The van der Waals surface area contributed by atoms with Gasteiger partial charge in [0, 0.05) is 6.54 Å². The van der Waals surface area contributed by atoms with Crippen molar-refractivity contribution in [2.45, 2.75) is 25.0 Å². The quantitative estimate of drug-likeness (QED) is 0.289. The number of carbonyl (C=O) groups excluding carboxylic acids is 3. The van der Waals surface area contributed by atoms with Gasteiger partial charge in [-0.05, 0) is 6.92 Å². The van der Waals surface area contributed by atoms with Gasteiger partial charge in [0.15, 0.2) is 0 Å². The number of β-lactam (4-membered cyclic amide) rings is 1. The highest BCUT2D eigenvalue weighted by molar-refractivity contribution is 5.89. The SMILES string of the molecule is C[C@H](NC=O)C(=O)NC[C@H]1NC(=O)[C@H]1N. The van der Waals surface area contributed by atoms with Crippen molar-refractivity contribution in [2.24, 2.45) is 5.73 Å². The molecule has 0 aromatic rings. The topological polar surface area (TPSA) is 113 Å². The normalized spacial score (nSPS) is 25.9. The van der Waals surface area contributed by atoms with E-state index in [1.807, 2.05) is 0 Å². The number of hydrogen-bond acceptors (Lipinski definition) is 4. The Labute approximate surface area is 86.8 Å². The van der Waals surface area contributed by atoms with Crippen LogP contribution in [0.3, 0.4) is 0 Å². The van der Waals surface area contributed by atoms with E-state index in [2.05, 4.69) is 16.0 Å². The molecule has 0 aliphatic carbocycles. The minimum atomic E-state index is -0.588. The number of rotatable bonds is 5. The zero-order chi connectivity index (χ0) is 11.4. The minimum absolute atomic E-state index is 0.215. The summed E-state index contributed by atoms with van der Waals surface area (Å²) >= 11 is 0. The van der Waals surface area contributed by atoms with Crippen molar-refractivity contribution in [2.75, 3.05) is 6.54 Å². The fourth-order valence-corrected chi connectivity index (χ4v) is 1.17. The molecule has 1 saturated heterocycles. The highest BCUT2D eigenvalue weighted by Gasteiger charge is 2.35. The summed E-state index contributed by atoms with van der Waals surface area (Å²) in [7, 11) is 0. The maximum atomic E-state index is 11.3. The monoisotopic (exact) mass is 214 g/mol. The first kappa shape index (κ1) is 11.4. The van der Waals surface area contributed by atoms with Crippen molar-refractivity contribution < 1.29 is 14.4 Å². The molecule has 3 atom stereocenters. The fraction of sp³-hybridized carbons (Fsp3) is 0.625. The van der Waals surface area contributed by atoms with Crippen LogP contribution >= 0.6 is 0 Å². The van der Waals surface area contributed by atoms with Crippen LogP contribution in [0.4, 0.5) is 0 Å². The Hall–Kier alpha value is -1.63. The highest BCUT2D eigenvalue weighted by Crippen LogP contribution is 2.01. The molecule has 0 aromatic heterocycles. The number of hydrogen-bond donors (Lipinski definition) is 4. The molecular formula is C8H14N4O3. The largest absolute Gasteiger partial charge is 0.352 e. The van der Waals surface area contributed by atoms with E-state index in [4.69, 9.17) is 5.73 Å². The van der Waals surface area contributed by atoms with E-state index in [9.17, 15) is 14.4 Å². The van der Waals surface area contributed by atoms with Crippen molar-refractivity contribution in [3.05, 3.63) is 0 Å². The number of nitrogens with two attached hydrogens (primary N) is 1. The lowest BCUT2D eigenvalue weighted by Crippen LogP contribution is -2.70. The van der Waals surface area contributed by atoms with Crippen molar-refractivity contribution in [3.8, 4) is 0 Å². The summed E-state index contributed by atoms with van der Waals surface area (Å²) in [6.45, 7) is 1.83. The molecule has 0 spiro atoms. The molecule has 5 N–H and O–H groups in total. The summed E-state index contributed by atoms with van der Waals surface area (Å²) in [4.78, 5) is 32.0. The molecule has 1 aliphatic rings. The summed E-state index contributed by atoms with van der Waals surface area (Å²) in [6, 6.07) is -1.36. The van der Waals surface area contributed by atoms with Crippen LogP contribution in [0.25, 0.3) is 0 Å². The molecule has 7 heteroatoms. The average molecular weight is 214 g/mol. The van der Waals surface area contributed by atoms with Gasteiger partial charge in [-0.1, -0.05) is 0 Å². The smallest absolute Gasteiger partial charge is 0.242 e. The van der Waals surface area contributed by atoms with E-state index < -0.39 is 12.1 Å². The van der Waals surface area contributed by atoms with Crippen molar-refractivity contribution in [1.29, 1.82) is 0 Å². The van der Waals surface area contributed by atoms with Gasteiger partial charge < -0.3 is 21.7 Å². The molecule has 15 heavy (non-hydrogen) atoms. The van der Waals surface area contributed by atoms with Crippen LogP contribution in [-0.4, -0.2) is 42.9 Å². The molecule has 1 fully saturated rings. The number of nitrogens with one attached hydrogen (secondary N) is 3. The number of amides is 3. The Morgan fingerprint density at radius 3 is 2.87 bits per heavy atom. The zero-order valence-corrected chi connectivity index (χ0v) is 8.32. The second-order valence-electron chi connectivity index (χ2n) is 3.39. The molecular weight excluding hydrogens is 200 g/mol. The Bertz CT molecular complexity index is 281. The third-order valence-corrected chi connectivity index (χ3v) is 2.27. The lowest BCUT2D eigenvalue weighted by atomic mass is 10.0. The van der Waals surface area contributed by atoms with E-state index in [1.54, 1.807) is 6.92 Å². The van der Waals surface area contributed by atoms with Crippen molar-refractivity contribution >= 4 is 18.2 Å². The number of carbonyl (C=O) groups is 3. The molecule has 0 aromatic carbocycles. The van der Waals surface area contributed by atoms with Crippen LogP contribution in [-0.2, 0) is 14.4 Å². The molecule has 1 aliphatic heterocycles. The van der Waals surface area contributed by atoms with Gasteiger partial charge in [-0.25, -0.2) is 0 Å². The molecule has 84 valence electrons. The maximum Gasteiger partial charge on any atom is 0.242 e. The summed E-state index contributed by atoms with van der Waals surface area (Å²) in [6.07, 6.45) is 0.459. The third-order valence-electron chi connectivity index (χ3n) is 2.27. The molecule has 1 heterocycles. The lowest BCUT2D eigenvalue weighted by molar-refractivity contribution is -0.131. The van der Waals surface area contributed by atoms with Gasteiger partial charge >= 0.3 is 0 Å². The van der Waals surface area contributed by atoms with E-state index in [1.165, 1.54) is 0 Å². The maximum absolute atomic E-state index is 11.3. The van der Waals surface area contributed by atoms with Crippen molar-refractivity contribution in [1.82, 2.24) is 16.0 Å². The molecule has 7 nitrogen and oxygen atoms in total. The molecule has 0 saturated carbocycles. The second-order valence-corrected chi connectivity index (χ2v) is 3.39. The molecule has 0 unspecified atom stereocenters. The summed E-state index contributed by atoms with van der Waals surface area (Å²) in [5.74, 6) is -0.524. The summed E-state index contributed by atoms with van der Waals surface area (Å²) in [5.41, 5.74) is 5.45. The molecule has 0 bridgehead atoms.